The molecule has 0 bridgehead atoms. The molecular weight excluding hydrogens is 1820 g/mol. The van der Waals surface area contributed by atoms with Crippen LogP contribution < -0.4 is 20.4 Å². The van der Waals surface area contributed by atoms with E-state index in [0.29, 0.717) is 95.7 Å². The van der Waals surface area contributed by atoms with E-state index in [4.69, 9.17) is 84.7 Å². The number of unbranched alkanes of at least 4 members (excludes halogenated alkanes) is 2. The molecule has 0 aliphatic rings. The Labute approximate surface area is 813 Å². The molecule has 4 aromatic rings. The normalized spacial score (nSPS) is 11.4. The van der Waals surface area contributed by atoms with Gasteiger partial charge in [-0.25, -0.2) is 15.0 Å². The highest BCUT2D eigenvalue weighted by Crippen LogP contribution is 2.25. The molecule has 0 spiro atoms. The largest absolute Gasteiger partial charge is 0.522 e. The molecule has 0 unspecified atom stereocenters. The molecule has 44 heteroatoms. The van der Waals surface area contributed by atoms with Crippen LogP contribution >= 0.6 is 0 Å². The van der Waals surface area contributed by atoms with Crippen LogP contribution in [0.4, 0.5) is 22.7 Å². The number of amides is 2. The van der Waals surface area contributed by atoms with Crippen LogP contribution in [-0.2, 0) is 89.3 Å². The average Bonchev–Trinajstić information content (AvgIpc) is 0.834. The summed E-state index contributed by atoms with van der Waals surface area (Å²) >= 11 is 0. The van der Waals surface area contributed by atoms with E-state index in [1.807, 2.05) is 305 Å². The van der Waals surface area contributed by atoms with Gasteiger partial charge in [0.05, 0.1) is 5.69 Å². The molecule has 38 nitrogen and oxygen atoms in total. The van der Waals surface area contributed by atoms with Crippen LogP contribution in [0.2, 0.25) is 24.2 Å². The third-order valence-corrected chi connectivity index (χ3v) is 36.2. The van der Waals surface area contributed by atoms with Crippen molar-refractivity contribution in [3.8, 4) is 0 Å². The Bertz CT molecular complexity index is 3630. The first-order valence-electron chi connectivity index (χ1n) is 45.2. The van der Waals surface area contributed by atoms with E-state index in [-0.39, 0.29) is 11.8 Å². The lowest BCUT2D eigenvalue weighted by atomic mass is 10.2. The SMILES string of the molecule is CCO[Si](CCCCC(=O)N=C(N(C)C)N(C)C)(OCC)OCC.CCO[Si](CCCCC(=O)NC(=Nc1ccccc1)Nc1ccccc1)(OCC)OCC.CO[Si](CCCN=C(N(C)C)N(C)C)(OC)OC.CO[Si](CCCN=C(N(C)c1ccccc1)N(C)c1ccccc1)(OC)OC.CO[Si](CN=C(N(C)C)N(C)C)(OC)OC.CO[Si](CN=C(N(C)C)N(C)C)(OC)OC. The number of para-hydroxylation sites is 4. The Morgan fingerprint density at radius 3 is 0.858 bits per heavy atom. The highest BCUT2D eigenvalue weighted by atomic mass is 28.4. The van der Waals surface area contributed by atoms with Gasteiger partial charge in [0.2, 0.25) is 29.7 Å². The van der Waals surface area contributed by atoms with Gasteiger partial charge in [0, 0.05) is 319 Å². The van der Waals surface area contributed by atoms with Gasteiger partial charge in [-0.3, -0.25) is 24.9 Å². The van der Waals surface area contributed by atoms with Crippen LogP contribution in [-0.4, -0.2) is 417 Å². The van der Waals surface area contributed by atoms with E-state index < -0.39 is 52.8 Å². The maximum Gasteiger partial charge on any atom is 0.522 e. The Kier molecular flexibility index (Phi) is 70.6. The number of nitrogens with one attached hydrogen (secondary N) is 2. The second-order valence-electron chi connectivity index (χ2n) is 30.9. The summed E-state index contributed by atoms with van der Waals surface area (Å²) in [6.45, 7) is 16.4. The zero-order valence-electron chi connectivity index (χ0n) is 88.4. The summed E-state index contributed by atoms with van der Waals surface area (Å²) < 4.78 is 99.5. The minimum Gasteiger partial charge on any atom is -0.377 e. The number of nitrogens with zero attached hydrogens (tertiary/aromatic N) is 16. The lowest BCUT2D eigenvalue weighted by Gasteiger charge is -2.30. The number of aliphatic imine (C=N–C) groups is 6. The van der Waals surface area contributed by atoms with Gasteiger partial charge in [-0.1, -0.05) is 72.8 Å². The van der Waals surface area contributed by atoms with Crippen LogP contribution in [0, 0.1) is 0 Å². The fraction of sp³-hybridized carbons (Fsp3) is 0.644. The Morgan fingerprint density at radius 2 is 0.567 bits per heavy atom. The number of rotatable bonds is 50. The maximum atomic E-state index is 12.6. The third kappa shape index (κ3) is 51.2. The first-order valence-corrected chi connectivity index (χ1v) is 56.8. The van der Waals surface area contributed by atoms with Crippen molar-refractivity contribution in [3.63, 3.8) is 0 Å². The minimum absolute atomic E-state index is 0.0976. The van der Waals surface area contributed by atoms with Crippen molar-refractivity contribution < 1.29 is 89.3 Å². The van der Waals surface area contributed by atoms with Crippen molar-refractivity contribution in [1.29, 1.82) is 0 Å². The van der Waals surface area contributed by atoms with Crippen LogP contribution in [0.1, 0.15) is 92.9 Å². The van der Waals surface area contributed by atoms with Gasteiger partial charge in [0.25, 0.3) is 0 Å². The van der Waals surface area contributed by atoms with E-state index >= 15 is 0 Å². The van der Waals surface area contributed by atoms with Gasteiger partial charge in [-0.15, -0.1) is 0 Å². The molecule has 134 heavy (non-hydrogen) atoms. The molecule has 0 saturated carbocycles. The van der Waals surface area contributed by atoms with E-state index in [1.54, 1.807) is 85.3 Å². The van der Waals surface area contributed by atoms with Crippen molar-refractivity contribution >= 4 is 123 Å². The molecule has 4 aromatic carbocycles. The van der Waals surface area contributed by atoms with Crippen molar-refractivity contribution in [3.05, 3.63) is 121 Å². The number of anilines is 3. The van der Waals surface area contributed by atoms with Crippen molar-refractivity contribution in [2.45, 2.75) is 117 Å². The average molecular weight is 2000 g/mol. The summed E-state index contributed by atoms with van der Waals surface area (Å²) in [5.74, 6) is 4.37. The summed E-state index contributed by atoms with van der Waals surface area (Å²) in [6.07, 6.45) is 6.37. The second-order valence-corrected chi connectivity index (χ2v) is 48.4. The summed E-state index contributed by atoms with van der Waals surface area (Å²) in [5, 5.41) is 6.09. The lowest BCUT2D eigenvalue weighted by Crippen LogP contribution is -2.48. The smallest absolute Gasteiger partial charge is 0.377 e. The summed E-state index contributed by atoms with van der Waals surface area (Å²) in [5.41, 5.74) is 3.77. The monoisotopic (exact) mass is 2000 g/mol. The highest BCUT2D eigenvalue weighted by Gasteiger charge is 2.43. The van der Waals surface area contributed by atoms with E-state index in [0.717, 1.165) is 103 Å². The number of guanidine groups is 6. The molecule has 0 fully saturated rings. The van der Waals surface area contributed by atoms with Gasteiger partial charge in [0.1, 0.15) is 12.3 Å². The topological polar surface area (TPSA) is 331 Å². The Hall–Kier alpha value is -7.58. The van der Waals surface area contributed by atoms with Crippen molar-refractivity contribution in [2.24, 2.45) is 30.0 Å². The van der Waals surface area contributed by atoms with Gasteiger partial charge in [0.15, 0.2) is 17.9 Å². The van der Waals surface area contributed by atoms with E-state index in [9.17, 15) is 9.59 Å². The maximum absolute atomic E-state index is 12.6. The molecule has 768 valence electrons. The number of carbonyl (C=O) groups is 2. The van der Waals surface area contributed by atoms with Crippen LogP contribution in [0.3, 0.4) is 0 Å². The fourth-order valence-electron chi connectivity index (χ4n) is 12.9. The van der Waals surface area contributed by atoms with Gasteiger partial charge in [-0.2, -0.15) is 4.99 Å². The second kappa shape index (κ2) is 73.6. The third-order valence-electron chi connectivity index (χ3n) is 19.4. The zero-order chi connectivity index (χ0) is 102. The number of benzene rings is 4. The van der Waals surface area contributed by atoms with Crippen LogP contribution in [0.5, 0.6) is 0 Å². The Morgan fingerprint density at radius 1 is 0.299 bits per heavy atom. The van der Waals surface area contributed by atoms with Crippen LogP contribution in [0.15, 0.2) is 151 Å². The highest BCUT2D eigenvalue weighted by molar-refractivity contribution is 6.62. The number of carbonyl (C=O) groups excluding carboxylic acids is 2. The first kappa shape index (κ1) is 128. The molecule has 0 aliphatic heterocycles. The van der Waals surface area contributed by atoms with E-state index in [1.165, 1.54) is 0 Å². The predicted molar refractivity (Wildman–Crippen MR) is 557 cm³/mol. The molecule has 0 aromatic heterocycles. The molecular formula is C90H174N18O20Si6. The lowest BCUT2D eigenvalue weighted by molar-refractivity contribution is -0.120. The predicted octanol–water partition coefficient (Wildman–Crippen LogP) is 11.7. The van der Waals surface area contributed by atoms with Crippen LogP contribution in [0.25, 0.3) is 0 Å². The summed E-state index contributed by atoms with van der Waals surface area (Å²) in [6, 6.07) is 42.5. The number of hydrogen-bond donors (Lipinski definition) is 2. The number of hydrogen-bond acceptors (Lipinski definition) is 25. The molecule has 4 rings (SSSR count). The van der Waals surface area contributed by atoms with E-state index in [2.05, 4.69) is 69.7 Å². The minimum atomic E-state index is -2.67. The van der Waals surface area contributed by atoms with Crippen molar-refractivity contribution in [2.75, 3.05) is 292 Å². The summed E-state index contributed by atoms with van der Waals surface area (Å²) in [4.78, 5) is 71.3. The quantitative estimate of drug-likeness (QED) is 0.0179. The molecule has 2 amide bonds. The van der Waals surface area contributed by atoms with Gasteiger partial charge in [-0.05, 0) is 129 Å². The Balaban J connectivity index is 0. The van der Waals surface area contributed by atoms with Gasteiger partial charge < -0.3 is 134 Å². The fourth-order valence-corrected chi connectivity index (χ4v) is 24.1. The molecule has 2 N–H and O–H groups in total. The molecule has 0 heterocycles. The summed E-state index contributed by atoms with van der Waals surface area (Å²) in [7, 11) is 38.8. The van der Waals surface area contributed by atoms with Crippen molar-refractivity contribution in [1.82, 2.24) is 44.5 Å². The first-order chi connectivity index (χ1) is 63.7. The standard InChI is InChI=1S/C24H35N3O4Si.C21H31N3O3Si.C16H35N3O4Si.C11H27N3O3Si.2C9H23N3O3Si/c1-4-29-32(30-5-2,31-6-3)20-14-13-19-23(28)27-24(25-21-15-9-7-10-16-21)26-22-17-11-8-12-18-22;1-23(19-13-8-6-9-14-19)21(24(2)20-15-10-7-11-16-20)22-17-12-18-28(25-3,26-4)27-5;1-8-21-24(22-9-2,23-10-3)14-12-11-13-15(20)17-16(18(4)5)19(6)7;1-13(2)11(14(3)4)12-9-8-10-18(15-5,16-6)17-7;2*1-11(2)9(12(3)4)10-8-16(13-5,14-6)15-7/h7-12,15-18H,4-6,13-14,19-20H2,1-3H3,(H2,25,26,27,28);6-11,13-16H,12,17-18H2,1-5H3;8-14H2,1-7H3;8-10H2,1-7H3;2*8H2,1-7H3. The molecule has 0 saturated heterocycles. The molecule has 0 aliphatic carbocycles. The van der Waals surface area contributed by atoms with Gasteiger partial charge >= 0.3 is 52.8 Å². The molecule has 0 radical (unpaired) electrons. The zero-order valence-corrected chi connectivity index (χ0v) is 94.4. The molecule has 0 atom stereocenters.